The standard InChI is InChI=1S/C86H51NOS2/c1-4-22-53(23-5-1)77-62-30-10-12-32-64(62)79(65-33-13-11-31-63(65)77)55-44-42-52(43-45-55)72-49-59(51-76-82(72)84-71-38-18-19-41-75(71)89-86(84)90-76)56-46-47-70-73(50-56)87(60-28-8-3-9-29-60)85-83(70)81-61(39-21-40-74(81)88-85)57-26-20-27-58(48-57)80-68-36-16-14-34-66(68)78(54-24-6-2-7-25-54)67-35-15-17-37-69(67)80/h1-51H. The van der Waals surface area contributed by atoms with Crippen LogP contribution in [-0.4, -0.2) is 4.57 Å². The minimum atomic E-state index is 0.831. The molecule has 0 saturated carbocycles. The summed E-state index contributed by atoms with van der Waals surface area (Å²) < 4.78 is 13.5. The lowest BCUT2D eigenvalue weighted by Gasteiger charge is -2.18. The zero-order valence-corrected chi connectivity index (χ0v) is 50.2. The van der Waals surface area contributed by atoms with E-state index in [1.165, 1.54) is 134 Å². The quantitative estimate of drug-likeness (QED) is 0.139. The maximum atomic E-state index is 7.19. The van der Waals surface area contributed by atoms with Crippen molar-refractivity contribution < 1.29 is 4.42 Å². The molecule has 0 N–H and O–H groups in total. The van der Waals surface area contributed by atoms with Gasteiger partial charge in [-0.3, -0.25) is 4.57 Å². The van der Waals surface area contributed by atoms with Crippen LogP contribution in [0.15, 0.2) is 314 Å². The lowest BCUT2D eigenvalue weighted by molar-refractivity contribution is 0.645. The highest BCUT2D eigenvalue weighted by atomic mass is 32.2. The van der Waals surface area contributed by atoms with Gasteiger partial charge in [0, 0.05) is 42.0 Å². The van der Waals surface area contributed by atoms with Gasteiger partial charge in [-0.1, -0.05) is 261 Å². The van der Waals surface area contributed by atoms with E-state index in [4.69, 9.17) is 4.42 Å². The molecule has 0 spiro atoms. The van der Waals surface area contributed by atoms with Crippen molar-refractivity contribution in [2.75, 3.05) is 0 Å². The van der Waals surface area contributed by atoms with Crippen molar-refractivity contribution in [1.29, 1.82) is 0 Å². The zero-order valence-electron chi connectivity index (χ0n) is 48.6. The average molecular weight is 1180 g/mol. The Morgan fingerprint density at radius 1 is 0.244 bits per heavy atom. The molecule has 0 atom stereocenters. The fraction of sp³-hybridized carbons (Fsp3) is 0. The summed E-state index contributed by atoms with van der Waals surface area (Å²) >= 11 is 3.82. The van der Waals surface area contributed by atoms with Gasteiger partial charge in [0.25, 0.3) is 0 Å². The number of furan rings is 1. The second-order valence-electron chi connectivity index (χ2n) is 23.7. The molecule has 19 aromatic rings. The maximum absolute atomic E-state index is 7.19. The molecule has 15 aromatic carbocycles. The molecule has 0 amide bonds. The smallest absolute Gasteiger partial charge is 0.213 e. The highest BCUT2D eigenvalue weighted by Gasteiger charge is 2.26. The number of hydrogen-bond acceptors (Lipinski definition) is 3. The van der Waals surface area contributed by atoms with Crippen LogP contribution in [-0.2, 0) is 0 Å². The molecular formula is C86H51NOS2. The number of hydrogen-bond donors (Lipinski definition) is 0. The third-order valence-corrected chi connectivity index (χ3v) is 21.2. The molecule has 0 aliphatic carbocycles. The second-order valence-corrected chi connectivity index (χ2v) is 26.1. The first-order valence-electron chi connectivity index (χ1n) is 30.8. The van der Waals surface area contributed by atoms with Gasteiger partial charge in [0.05, 0.1) is 14.9 Å². The number of para-hydroxylation sites is 1. The highest BCUT2D eigenvalue weighted by Crippen LogP contribution is 2.52. The van der Waals surface area contributed by atoms with Crippen LogP contribution in [0.25, 0.3) is 189 Å². The number of rotatable bonds is 8. The molecule has 0 aliphatic rings. The van der Waals surface area contributed by atoms with Gasteiger partial charge >= 0.3 is 0 Å². The zero-order chi connectivity index (χ0) is 59.0. The number of aromatic nitrogens is 1. The van der Waals surface area contributed by atoms with E-state index in [2.05, 4.69) is 314 Å². The van der Waals surface area contributed by atoms with E-state index in [9.17, 15) is 0 Å². The molecule has 0 bridgehead atoms. The molecule has 0 saturated heterocycles. The first-order chi connectivity index (χ1) is 44.7. The highest BCUT2D eigenvalue weighted by molar-refractivity contribution is 7.44. The second kappa shape index (κ2) is 20.2. The fourth-order valence-electron chi connectivity index (χ4n) is 15.0. The van der Waals surface area contributed by atoms with E-state index in [-0.39, 0.29) is 0 Å². The third kappa shape index (κ3) is 7.75. The monoisotopic (exact) mass is 1180 g/mol. The summed E-state index contributed by atoms with van der Waals surface area (Å²) in [5.74, 6) is 0. The molecule has 4 heteroatoms. The molecular weight excluding hydrogens is 1130 g/mol. The lowest BCUT2D eigenvalue weighted by Crippen LogP contribution is -1.93. The molecule has 0 fully saturated rings. The van der Waals surface area contributed by atoms with Gasteiger partial charge in [0.1, 0.15) is 5.58 Å². The van der Waals surface area contributed by atoms with Crippen LogP contribution >= 0.6 is 22.7 Å². The van der Waals surface area contributed by atoms with Gasteiger partial charge in [0.2, 0.25) is 5.71 Å². The Morgan fingerprint density at radius 2 is 0.700 bits per heavy atom. The summed E-state index contributed by atoms with van der Waals surface area (Å²) in [6.07, 6.45) is 0. The van der Waals surface area contributed by atoms with Crippen molar-refractivity contribution in [3.05, 3.63) is 309 Å². The number of fused-ring (bicyclic) bond motifs is 14. The van der Waals surface area contributed by atoms with Gasteiger partial charge in [-0.15, -0.1) is 22.7 Å². The van der Waals surface area contributed by atoms with Crippen molar-refractivity contribution in [1.82, 2.24) is 4.57 Å². The van der Waals surface area contributed by atoms with Crippen molar-refractivity contribution in [3.63, 3.8) is 0 Å². The van der Waals surface area contributed by atoms with E-state index >= 15 is 0 Å². The van der Waals surface area contributed by atoms with E-state index in [0.29, 0.717) is 0 Å². The third-order valence-electron chi connectivity index (χ3n) is 18.8. The molecule has 418 valence electrons. The van der Waals surface area contributed by atoms with Crippen molar-refractivity contribution in [3.8, 4) is 83.6 Å². The van der Waals surface area contributed by atoms with Gasteiger partial charge in [0.15, 0.2) is 0 Å². The Balaban J connectivity index is 0.789. The topological polar surface area (TPSA) is 18.1 Å². The summed E-state index contributed by atoms with van der Waals surface area (Å²) in [7, 11) is 0. The Hall–Kier alpha value is -11.1. The summed E-state index contributed by atoms with van der Waals surface area (Å²) in [5, 5.41) is 17.3. The van der Waals surface area contributed by atoms with E-state index < -0.39 is 0 Å². The van der Waals surface area contributed by atoms with Gasteiger partial charge in [-0.25, -0.2) is 0 Å². The Morgan fingerprint density at radius 3 is 1.29 bits per heavy atom. The summed E-state index contributed by atoms with van der Waals surface area (Å²) in [5.41, 5.74) is 20.7. The van der Waals surface area contributed by atoms with E-state index in [0.717, 1.165) is 55.3 Å². The predicted molar refractivity (Wildman–Crippen MR) is 387 cm³/mol. The SMILES string of the molecule is c1ccc(-c2c3ccccc3c(-c3ccc(-c4cc(-c5ccc6c7c8c(-c9cccc(-c%10c%11ccccc%11c(-c%11ccccc%11)c%11ccccc%10%11)c9)cccc8oc7n(-c7ccccc7)c6c5)cc5sc6sc7ccccc7c6c45)cc3)c3ccccc23)cc1. The molecule has 90 heavy (non-hydrogen) atoms. The van der Waals surface area contributed by atoms with Crippen molar-refractivity contribution >= 4 is 128 Å². The van der Waals surface area contributed by atoms with Crippen LogP contribution in [0.2, 0.25) is 0 Å². The molecule has 4 heterocycles. The summed E-state index contributed by atoms with van der Waals surface area (Å²) in [4.78, 5) is 0. The molecule has 2 nitrogen and oxygen atoms in total. The first kappa shape index (κ1) is 51.0. The molecule has 4 aromatic heterocycles. The lowest BCUT2D eigenvalue weighted by atomic mass is 9.85. The molecule has 0 unspecified atom stereocenters. The summed E-state index contributed by atoms with van der Waals surface area (Å²) in [6.45, 7) is 0. The van der Waals surface area contributed by atoms with Crippen LogP contribution in [0.4, 0.5) is 0 Å². The Bertz CT molecular complexity index is 6010. The van der Waals surface area contributed by atoms with E-state index in [1.54, 1.807) is 0 Å². The first-order valence-corrected chi connectivity index (χ1v) is 32.4. The van der Waals surface area contributed by atoms with Gasteiger partial charge < -0.3 is 4.42 Å². The van der Waals surface area contributed by atoms with Crippen LogP contribution in [0.1, 0.15) is 0 Å². The maximum Gasteiger partial charge on any atom is 0.213 e. The Kier molecular flexibility index (Phi) is 11.4. The van der Waals surface area contributed by atoms with Gasteiger partial charge in [-0.2, -0.15) is 0 Å². The van der Waals surface area contributed by atoms with Crippen LogP contribution in [0, 0.1) is 0 Å². The molecule has 19 rings (SSSR count). The average Bonchev–Trinajstić information content (AvgIpc) is 1.36. The van der Waals surface area contributed by atoms with Crippen LogP contribution in [0.3, 0.4) is 0 Å². The number of nitrogens with zero attached hydrogens (tertiary/aromatic N) is 1. The largest absolute Gasteiger partial charge is 0.439 e. The van der Waals surface area contributed by atoms with Crippen molar-refractivity contribution in [2.45, 2.75) is 0 Å². The molecule has 0 aliphatic heterocycles. The van der Waals surface area contributed by atoms with Crippen LogP contribution < -0.4 is 0 Å². The summed E-state index contributed by atoms with van der Waals surface area (Å²) in [6, 6.07) is 114. The number of benzene rings is 15. The minimum Gasteiger partial charge on any atom is -0.439 e. The van der Waals surface area contributed by atoms with Crippen LogP contribution in [0.5, 0.6) is 0 Å². The fourth-order valence-corrected chi connectivity index (χ4v) is 17.6. The van der Waals surface area contributed by atoms with Gasteiger partial charge in [-0.05, 0) is 170 Å². The minimum absolute atomic E-state index is 0.831. The normalized spacial score (nSPS) is 12.0. The van der Waals surface area contributed by atoms with E-state index in [1.807, 2.05) is 22.7 Å². The van der Waals surface area contributed by atoms with Crippen molar-refractivity contribution in [2.24, 2.45) is 0 Å². The predicted octanol–water partition coefficient (Wildman–Crippen LogP) is 25.4. The Labute approximate surface area is 526 Å². The number of thiophene rings is 2. The molecule has 0 radical (unpaired) electrons.